The summed E-state index contributed by atoms with van der Waals surface area (Å²) in [4.78, 5) is 2.51. The minimum absolute atomic E-state index is 0.946. The van der Waals surface area contributed by atoms with Gasteiger partial charge < -0.3 is 5.32 Å². The molecule has 1 fully saturated rings. The molecule has 0 amide bonds. The number of benzene rings is 1. The quantitative estimate of drug-likeness (QED) is 0.924. The van der Waals surface area contributed by atoms with Gasteiger partial charge in [0.15, 0.2) is 0 Å². The maximum absolute atomic E-state index is 4.14. The zero-order chi connectivity index (χ0) is 12.9. The normalized spacial score (nSPS) is 16.6. The number of rotatable bonds is 4. The molecule has 1 aromatic carbocycles. The van der Waals surface area contributed by atoms with Crippen LogP contribution in [0.15, 0.2) is 30.5 Å². The van der Waals surface area contributed by atoms with Gasteiger partial charge in [0.2, 0.25) is 0 Å². The van der Waals surface area contributed by atoms with E-state index >= 15 is 0 Å². The van der Waals surface area contributed by atoms with Gasteiger partial charge >= 0.3 is 0 Å². The van der Waals surface area contributed by atoms with E-state index in [9.17, 15) is 0 Å². The fraction of sp³-hybridized carbons (Fsp3) is 0.429. The van der Waals surface area contributed by atoms with Gasteiger partial charge in [-0.1, -0.05) is 18.2 Å². The average molecular weight is 274 g/mol. The third-order valence-corrected chi connectivity index (χ3v) is 4.34. The van der Waals surface area contributed by atoms with Crippen LogP contribution in [0.4, 0.5) is 5.69 Å². The van der Waals surface area contributed by atoms with Crippen LogP contribution < -0.4 is 5.32 Å². The molecule has 5 heteroatoms. The molecule has 0 atom stereocenters. The van der Waals surface area contributed by atoms with Gasteiger partial charge in [-0.05, 0) is 6.07 Å². The van der Waals surface area contributed by atoms with Gasteiger partial charge in [-0.2, -0.15) is 22.0 Å². The number of hydrogen-bond acceptors (Lipinski definition) is 5. The number of hydrogen-bond donors (Lipinski definition) is 1. The highest BCUT2D eigenvalue weighted by Gasteiger charge is 2.09. The molecule has 0 unspecified atom stereocenters. The van der Waals surface area contributed by atoms with Crippen molar-refractivity contribution in [1.82, 2.24) is 15.1 Å². The molecule has 0 aliphatic carbocycles. The SMILES string of the molecule is c1ccc2c(NCCN3CCSCC3)cnnc2c1. The van der Waals surface area contributed by atoms with Crippen LogP contribution in [0.1, 0.15) is 0 Å². The van der Waals surface area contributed by atoms with Gasteiger partial charge in [-0.25, -0.2) is 0 Å². The molecule has 3 rings (SSSR count). The summed E-state index contributed by atoms with van der Waals surface area (Å²) in [6, 6.07) is 8.11. The Balaban J connectivity index is 1.62. The number of nitrogens with one attached hydrogen (secondary N) is 1. The van der Waals surface area contributed by atoms with E-state index in [0.717, 1.165) is 29.7 Å². The summed E-state index contributed by atoms with van der Waals surface area (Å²) in [6.07, 6.45) is 1.81. The van der Waals surface area contributed by atoms with Gasteiger partial charge in [0.1, 0.15) is 0 Å². The molecule has 1 N–H and O–H groups in total. The molecule has 1 aliphatic rings. The van der Waals surface area contributed by atoms with Crippen LogP contribution >= 0.6 is 11.8 Å². The summed E-state index contributed by atoms with van der Waals surface area (Å²) < 4.78 is 0. The van der Waals surface area contributed by atoms with Crippen molar-refractivity contribution in [3.8, 4) is 0 Å². The summed E-state index contributed by atoms with van der Waals surface area (Å²) in [5.41, 5.74) is 2.03. The number of thioether (sulfide) groups is 1. The molecule has 100 valence electrons. The molecule has 0 bridgehead atoms. The first-order valence-corrected chi connectivity index (χ1v) is 7.83. The highest BCUT2D eigenvalue weighted by molar-refractivity contribution is 7.99. The second-order valence-corrected chi connectivity index (χ2v) is 5.88. The Labute approximate surface area is 117 Å². The van der Waals surface area contributed by atoms with Crippen molar-refractivity contribution in [3.05, 3.63) is 30.5 Å². The zero-order valence-electron chi connectivity index (χ0n) is 10.9. The lowest BCUT2D eigenvalue weighted by Gasteiger charge is -2.26. The van der Waals surface area contributed by atoms with E-state index < -0.39 is 0 Å². The van der Waals surface area contributed by atoms with Gasteiger partial charge in [0.25, 0.3) is 0 Å². The fourth-order valence-corrected chi connectivity index (χ4v) is 3.30. The Bertz CT molecular complexity index is 534. The summed E-state index contributed by atoms with van der Waals surface area (Å²) >= 11 is 2.05. The van der Waals surface area contributed by atoms with Crippen LogP contribution in [0.5, 0.6) is 0 Å². The first-order chi connectivity index (χ1) is 9.43. The van der Waals surface area contributed by atoms with Crippen molar-refractivity contribution in [2.75, 3.05) is 43.0 Å². The molecular weight excluding hydrogens is 256 g/mol. The molecule has 2 aromatic rings. The Morgan fingerprint density at radius 1 is 1.21 bits per heavy atom. The number of aromatic nitrogens is 2. The first-order valence-electron chi connectivity index (χ1n) is 6.68. The van der Waals surface area contributed by atoms with Gasteiger partial charge in [0, 0.05) is 43.1 Å². The lowest BCUT2D eigenvalue weighted by Crippen LogP contribution is -2.36. The van der Waals surface area contributed by atoms with E-state index in [1.165, 1.54) is 24.6 Å². The average Bonchev–Trinajstić information content (AvgIpc) is 2.49. The predicted octanol–water partition coefficient (Wildman–Crippen LogP) is 2.09. The van der Waals surface area contributed by atoms with Gasteiger partial charge in [-0.15, -0.1) is 0 Å². The molecule has 1 saturated heterocycles. The van der Waals surface area contributed by atoms with E-state index in [2.05, 4.69) is 38.2 Å². The lowest BCUT2D eigenvalue weighted by molar-refractivity contribution is 0.314. The maximum Gasteiger partial charge on any atom is 0.0950 e. The number of anilines is 1. The molecule has 0 spiro atoms. The second kappa shape index (κ2) is 6.21. The van der Waals surface area contributed by atoms with E-state index in [-0.39, 0.29) is 0 Å². The fourth-order valence-electron chi connectivity index (χ4n) is 2.32. The van der Waals surface area contributed by atoms with E-state index in [1.54, 1.807) is 0 Å². The summed E-state index contributed by atoms with van der Waals surface area (Å²) in [5.74, 6) is 2.53. The standard InChI is InChI=1S/C14H18N4S/c1-2-4-13-12(3-1)14(11-16-17-13)15-5-6-18-7-9-19-10-8-18/h1-4,11H,5-10H2,(H,15,17). The monoisotopic (exact) mass is 274 g/mol. The van der Waals surface area contributed by atoms with Crippen molar-refractivity contribution in [2.24, 2.45) is 0 Å². The minimum atomic E-state index is 0.946. The molecule has 2 heterocycles. The summed E-state index contributed by atoms with van der Waals surface area (Å²) in [7, 11) is 0. The molecule has 0 radical (unpaired) electrons. The van der Waals surface area contributed by atoms with Gasteiger partial charge in [-0.3, -0.25) is 4.90 Å². The Morgan fingerprint density at radius 2 is 2.05 bits per heavy atom. The van der Waals surface area contributed by atoms with Gasteiger partial charge in [0.05, 0.1) is 17.4 Å². The lowest BCUT2D eigenvalue weighted by atomic mass is 10.2. The molecular formula is C14H18N4S. The molecule has 4 nitrogen and oxygen atoms in total. The van der Waals surface area contributed by atoms with E-state index in [0.29, 0.717) is 0 Å². The molecule has 1 aromatic heterocycles. The Hall–Kier alpha value is -1.33. The van der Waals surface area contributed by atoms with E-state index in [4.69, 9.17) is 0 Å². The van der Waals surface area contributed by atoms with Crippen molar-refractivity contribution in [3.63, 3.8) is 0 Å². The molecule has 19 heavy (non-hydrogen) atoms. The van der Waals surface area contributed by atoms with Crippen LogP contribution in [0, 0.1) is 0 Å². The van der Waals surface area contributed by atoms with Crippen molar-refractivity contribution in [2.45, 2.75) is 0 Å². The van der Waals surface area contributed by atoms with Crippen LogP contribution in [0.3, 0.4) is 0 Å². The summed E-state index contributed by atoms with van der Waals surface area (Å²) in [6.45, 7) is 4.47. The topological polar surface area (TPSA) is 41.0 Å². The molecule has 1 aliphatic heterocycles. The summed E-state index contributed by atoms with van der Waals surface area (Å²) in [5, 5.41) is 12.8. The predicted molar refractivity (Wildman–Crippen MR) is 81.8 cm³/mol. The van der Waals surface area contributed by atoms with Crippen LogP contribution in [0.25, 0.3) is 10.9 Å². The highest BCUT2D eigenvalue weighted by Crippen LogP contribution is 2.19. The number of nitrogens with zero attached hydrogens (tertiary/aromatic N) is 3. The van der Waals surface area contributed by atoms with Crippen LogP contribution in [-0.4, -0.2) is 52.8 Å². The number of fused-ring (bicyclic) bond motifs is 1. The third kappa shape index (κ3) is 3.16. The molecule has 0 saturated carbocycles. The Morgan fingerprint density at radius 3 is 2.95 bits per heavy atom. The first kappa shape index (κ1) is 12.7. The largest absolute Gasteiger partial charge is 0.382 e. The van der Waals surface area contributed by atoms with Crippen molar-refractivity contribution in [1.29, 1.82) is 0 Å². The van der Waals surface area contributed by atoms with Crippen molar-refractivity contribution < 1.29 is 0 Å². The Kier molecular flexibility index (Phi) is 4.15. The highest BCUT2D eigenvalue weighted by atomic mass is 32.2. The van der Waals surface area contributed by atoms with Crippen LogP contribution in [-0.2, 0) is 0 Å². The second-order valence-electron chi connectivity index (χ2n) is 4.66. The van der Waals surface area contributed by atoms with Crippen LogP contribution in [0.2, 0.25) is 0 Å². The zero-order valence-corrected chi connectivity index (χ0v) is 11.7. The van der Waals surface area contributed by atoms with E-state index in [1.807, 2.05) is 24.4 Å². The third-order valence-electron chi connectivity index (χ3n) is 3.39. The van der Waals surface area contributed by atoms with Crippen molar-refractivity contribution >= 4 is 28.4 Å². The minimum Gasteiger partial charge on any atom is -0.382 e. The maximum atomic E-state index is 4.14. The smallest absolute Gasteiger partial charge is 0.0950 e.